The van der Waals surface area contributed by atoms with E-state index in [1.807, 2.05) is 0 Å². The van der Waals surface area contributed by atoms with Crippen molar-refractivity contribution in [3.8, 4) is 11.1 Å². The van der Waals surface area contributed by atoms with Gasteiger partial charge in [0.1, 0.15) is 0 Å². The Hall–Kier alpha value is -1.97. The Bertz CT molecular complexity index is 976. The number of piperidine rings is 2. The van der Waals surface area contributed by atoms with E-state index in [1.165, 1.54) is 115 Å². The quantitative estimate of drug-likeness (QED) is 0.231. The summed E-state index contributed by atoms with van der Waals surface area (Å²) in [6, 6.07) is 13.3. The van der Waals surface area contributed by atoms with Crippen molar-refractivity contribution in [1.82, 2.24) is 9.80 Å². The number of unbranched alkanes of at least 4 members (excludes halogenated alkanes) is 4. The van der Waals surface area contributed by atoms with E-state index in [0.29, 0.717) is 0 Å². The molecule has 0 amide bonds. The lowest BCUT2D eigenvalue weighted by molar-refractivity contribution is 0.104. The van der Waals surface area contributed by atoms with Crippen LogP contribution in [0.3, 0.4) is 0 Å². The fourth-order valence-corrected chi connectivity index (χ4v) is 6.74. The van der Waals surface area contributed by atoms with Gasteiger partial charge in [0.05, 0.1) is 0 Å². The second-order valence-corrected chi connectivity index (χ2v) is 12.8. The molecule has 0 saturated carbocycles. The number of hydrogen-bond donors (Lipinski definition) is 0. The van der Waals surface area contributed by atoms with Gasteiger partial charge in [-0.15, -0.1) is 0 Å². The first kappa shape index (κ1) is 27.6. The maximum Gasteiger partial charge on any atom is 0.194 e. The normalized spacial score (nSPS) is 19.2. The topological polar surface area (TPSA) is 23.6 Å². The SMILES string of the molecule is CC1CCN(CCCCCc2ccc3c(c2)C(=O)c2cc(CCCCCN4CCC(C)CC4)ccc2-3)CC1. The van der Waals surface area contributed by atoms with E-state index in [9.17, 15) is 4.79 Å². The zero-order valence-corrected chi connectivity index (χ0v) is 24.1. The second-order valence-electron chi connectivity index (χ2n) is 12.8. The number of rotatable bonds is 12. The van der Waals surface area contributed by atoms with Crippen molar-refractivity contribution >= 4 is 5.78 Å². The van der Waals surface area contributed by atoms with Crippen LogP contribution < -0.4 is 0 Å². The van der Waals surface area contributed by atoms with Gasteiger partial charge < -0.3 is 9.80 Å². The lowest BCUT2D eigenvalue weighted by atomic mass is 9.98. The van der Waals surface area contributed by atoms with Gasteiger partial charge in [-0.1, -0.05) is 51.0 Å². The molecule has 5 rings (SSSR count). The van der Waals surface area contributed by atoms with Crippen molar-refractivity contribution in [3.63, 3.8) is 0 Å². The maximum atomic E-state index is 13.3. The fourth-order valence-electron chi connectivity index (χ4n) is 6.74. The van der Waals surface area contributed by atoms with Gasteiger partial charge in [-0.2, -0.15) is 0 Å². The number of nitrogens with zero attached hydrogens (tertiary/aromatic N) is 2. The van der Waals surface area contributed by atoms with Gasteiger partial charge in [0, 0.05) is 11.1 Å². The molecule has 0 atom stereocenters. The molecule has 0 radical (unpaired) electrons. The standard InChI is InChI=1S/C35H50N2O/c1-27-15-21-36(22-16-27)19-7-3-5-9-29-11-13-31-32-14-12-30(26-34(32)35(38)33(31)25-29)10-6-4-8-20-37-23-17-28(2)18-24-37/h11-14,25-28H,3-10,15-24H2,1-2H3. The highest BCUT2D eigenvalue weighted by atomic mass is 16.1. The van der Waals surface area contributed by atoms with Crippen LogP contribution in [-0.4, -0.2) is 54.9 Å². The molecule has 0 unspecified atom stereocenters. The Morgan fingerprint density at radius 2 is 1.00 bits per heavy atom. The average Bonchev–Trinajstić information content (AvgIpc) is 3.21. The largest absolute Gasteiger partial charge is 0.303 e. The van der Waals surface area contributed by atoms with Crippen LogP contribution >= 0.6 is 0 Å². The summed E-state index contributed by atoms with van der Waals surface area (Å²) in [5.74, 6) is 2.06. The van der Waals surface area contributed by atoms with Gasteiger partial charge in [0.25, 0.3) is 0 Å². The summed E-state index contributed by atoms with van der Waals surface area (Å²) in [6.45, 7) is 12.4. The Morgan fingerprint density at radius 3 is 1.42 bits per heavy atom. The van der Waals surface area contributed by atoms with Crippen LogP contribution in [0.4, 0.5) is 0 Å². The number of fused-ring (bicyclic) bond motifs is 3. The molecule has 2 saturated heterocycles. The molecule has 2 aromatic carbocycles. The summed E-state index contributed by atoms with van der Waals surface area (Å²) in [7, 11) is 0. The molecule has 2 heterocycles. The van der Waals surface area contributed by atoms with Gasteiger partial charge in [-0.3, -0.25) is 4.79 Å². The number of likely N-dealkylation sites (tertiary alicyclic amines) is 2. The van der Waals surface area contributed by atoms with Crippen molar-refractivity contribution in [2.75, 3.05) is 39.3 Å². The number of aryl methyl sites for hydroxylation is 2. The Kier molecular flexibility index (Phi) is 9.73. The highest BCUT2D eigenvalue weighted by Crippen LogP contribution is 2.38. The van der Waals surface area contributed by atoms with Crippen LogP contribution in [0.5, 0.6) is 0 Å². The van der Waals surface area contributed by atoms with Gasteiger partial charge >= 0.3 is 0 Å². The molecule has 3 heteroatoms. The number of hydrogen-bond acceptors (Lipinski definition) is 3. The van der Waals surface area contributed by atoms with E-state index in [2.05, 4.69) is 60.0 Å². The van der Waals surface area contributed by atoms with E-state index in [4.69, 9.17) is 0 Å². The summed E-state index contributed by atoms with van der Waals surface area (Å²) in [5, 5.41) is 0. The van der Waals surface area contributed by atoms with Crippen molar-refractivity contribution in [2.45, 2.75) is 90.9 Å². The maximum absolute atomic E-state index is 13.3. The minimum atomic E-state index is 0.234. The van der Waals surface area contributed by atoms with Crippen LogP contribution in [0.15, 0.2) is 36.4 Å². The van der Waals surface area contributed by atoms with Crippen LogP contribution in [-0.2, 0) is 12.8 Å². The van der Waals surface area contributed by atoms with Crippen LogP contribution in [0, 0.1) is 11.8 Å². The molecule has 0 aromatic heterocycles. The van der Waals surface area contributed by atoms with Crippen LogP contribution in [0.25, 0.3) is 11.1 Å². The monoisotopic (exact) mass is 514 g/mol. The van der Waals surface area contributed by atoms with Crippen molar-refractivity contribution in [2.24, 2.45) is 11.8 Å². The molecule has 2 aromatic rings. The number of carbonyl (C=O) groups excluding carboxylic acids is 1. The summed E-state index contributed by atoms with van der Waals surface area (Å²) in [5.41, 5.74) is 6.76. The Balaban J connectivity index is 1.05. The third-order valence-electron chi connectivity index (χ3n) is 9.58. The second kappa shape index (κ2) is 13.4. The minimum absolute atomic E-state index is 0.234. The van der Waals surface area contributed by atoms with E-state index >= 15 is 0 Å². The summed E-state index contributed by atoms with van der Waals surface area (Å²) in [4.78, 5) is 18.6. The van der Waals surface area contributed by atoms with E-state index in [-0.39, 0.29) is 5.78 Å². The van der Waals surface area contributed by atoms with E-state index in [1.54, 1.807) is 0 Å². The fraction of sp³-hybridized carbons (Fsp3) is 0.629. The Labute approximate surface area is 232 Å². The molecular weight excluding hydrogens is 464 g/mol. The molecule has 0 N–H and O–H groups in total. The smallest absolute Gasteiger partial charge is 0.194 e. The zero-order valence-electron chi connectivity index (χ0n) is 24.1. The highest BCUT2D eigenvalue weighted by Gasteiger charge is 2.27. The third kappa shape index (κ3) is 7.16. The van der Waals surface area contributed by atoms with Gasteiger partial charge in [-0.25, -0.2) is 0 Å². The zero-order chi connectivity index (χ0) is 26.3. The summed E-state index contributed by atoms with van der Waals surface area (Å²) >= 11 is 0. The molecule has 0 spiro atoms. The van der Waals surface area contributed by atoms with Gasteiger partial charge in [0.2, 0.25) is 0 Å². The number of carbonyl (C=O) groups is 1. The van der Waals surface area contributed by atoms with E-state index in [0.717, 1.165) is 46.9 Å². The molecule has 2 fully saturated rings. The van der Waals surface area contributed by atoms with Crippen molar-refractivity contribution in [1.29, 1.82) is 0 Å². The predicted octanol–water partition coefficient (Wildman–Crippen LogP) is 7.79. The molecule has 0 bridgehead atoms. The van der Waals surface area contributed by atoms with Gasteiger partial charge in [0.15, 0.2) is 5.78 Å². The predicted molar refractivity (Wildman–Crippen MR) is 160 cm³/mol. The van der Waals surface area contributed by atoms with Crippen LogP contribution in [0.1, 0.15) is 105 Å². The van der Waals surface area contributed by atoms with Gasteiger partial charge in [-0.05, 0) is 150 Å². The molecule has 1 aliphatic carbocycles. The minimum Gasteiger partial charge on any atom is -0.303 e. The van der Waals surface area contributed by atoms with E-state index < -0.39 is 0 Å². The molecule has 206 valence electrons. The first-order valence-electron chi connectivity index (χ1n) is 15.8. The summed E-state index contributed by atoms with van der Waals surface area (Å²) < 4.78 is 0. The van der Waals surface area contributed by atoms with Crippen molar-refractivity contribution < 1.29 is 4.79 Å². The molecule has 3 nitrogen and oxygen atoms in total. The third-order valence-corrected chi connectivity index (χ3v) is 9.58. The molecule has 2 aliphatic heterocycles. The first-order chi connectivity index (χ1) is 18.6. The molecule has 3 aliphatic rings. The van der Waals surface area contributed by atoms with Crippen molar-refractivity contribution in [3.05, 3.63) is 58.7 Å². The summed E-state index contributed by atoms with van der Waals surface area (Å²) in [6.07, 6.45) is 15.2. The first-order valence-corrected chi connectivity index (χ1v) is 15.8. The lowest BCUT2D eigenvalue weighted by Gasteiger charge is -2.30. The number of benzene rings is 2. The Morgan fingerprint density at radius 1 is 0.579 bits per heavy atom. The molecular formula is C35H50N2O. The average molecular weight is 515 g/mol. The highest BCUT2D eigenvalue weighted by molar-refractivity contribution is 6.21. The molecule has 38 heavy (non-hydrogen) atoms. The van der Waals surface area contributed by atoms with Crippen LogP contribution in [0.2, 0.25) is 0 Å². The lowest BCUT2D eigenvalue weighted by Crippen LogP contribution is -2.33. The number of ketones is 1.